The van der Waals surface area contributed by atoms with Crippen LogP contribution in [0.25, 0.3) is 0 Å². The van der Waals surface area contributed by atoms with Crippen molar-refractivity contribution in [2.75, 3.05) is 0 Å². The Kier molecular flexibility index (Phi) is 3.53. The van der Waals surface area contributed by atoms with E-state index in [1.54, 1.807) is 12.5 Å². The molecule has 0 bridgehead atoms. The summed E-state index contributed by atoms with van der Waals surface area (Å²) >= 11 is 0. The van der Waals surface area contributed by atoms with Crippen molar-refractivity contribution in [2.24, 2.45) is 0 Å². The highest BCUT2D eigenvalue weighted by Crippen LogP contribution is 2.26. The molecule has 0 amide bonds. The van der Waals surface area contributed by atoms with E-state index >= 15 is 0 Å². The number of aryl methyl sites for hydroxylation is 2. The standard InChI is InChI=1S/C15H20N2O/c1-10(2)17-9-16-8-14(17)15(18)13-6-5-11(3)7-12(13)4/h5-10,15,18H,1-4H3. The molecule has 1 unspecified atom stereocenters. The summed E-state index contributed by atoms with van der Waals surface area (Å²) in [4.78, 5) is 4.14. The lowest BCUT2D eigenvalue weighted by molar-refractivity contribution is 0.207. The van der Waals surface area contributed by atoms with Gasteiger partial charge in [-0.1, -0.05) is 23.8 Å². The number of imidazole rings is 1. The Morgan fingerprint density at radius 3 is 2.56 bits per heavy atom. The summed E-state index contributed by atoms with van der Waals surface area (Å²) in [6.45, 7) is 8.25. The molecule has 0 fully saturated rings. The fraction of sp³-hybridized carbons (Fsp3) is 0.400. The van der Waals surface area contributed by atoms with Gasteiger partial charge in [0.15, 0.2) is 0 Å². The number of aliphatic hydroxyl groups excluding tert-OH is 1. The maximum atomic E-state index is 10.5. The van der Waals surface area contributed by atoms with Gasteiger partial charge in [0.1, 0.15) is 6.10 Å². The second-order valence-corrected chi connectivity index (χ2v) is 5.08. The minimum atomic E-state index is -0.615. The van der Waals surface area contributed by atoms with Crippen LogP contribution < -0.4 is 0 Å². The summed E-state index contributed by atoms with van der Waals surface area (Å²) < 4.78 is 2.00. The quantitative estimate of drug-likeness (QED) is 0.900. The van der Waals surface area contributed by atoms with Crippen LogP contribution in [0.5, 0.6) is 0 Å². The SMILES string of the molecule is Cc1ccc(C(O)c2cncn2C(C)C)c(C)c1. The molecule has 0 saturated carbocycles. The van der Waals surface area contributed by atoms with Gasteiger partial charge in [0.2, 0.25) is 0 Å². The monoisotopic (exact) mass is 244 g/mol. The normalized spacial score (nSPS) is 13.0. The molecule has 2 rings (SSSR count). The van der Waals surface area contributed by atoms with Crippen LogP contribution in [-0.4, -0.2) is 14.7 Å². The third kappa shape index (κ3) is 2.31. The lowest BCUT2D eigenvalue weighted by Gasteiger charge is -2.18. The van der Waals surface area contributed by atoms with Crippen molar-refractivity contribution in [2.45, 2.75) is 39.8 Å². The smallest absolute Gasteiger partial charge is 0.121 e. The zero-order chi connectivity index (χ0) is 13.3. The minimum Gasteiger partial charge on any atom is -0.382 e. The highest BCUT2D eigenvalue weighted by molar-refractivity contribution is 5.35. The molecule has 0 aliphatic carbocycles. The van der Waals surface area contributed by atoms with Crippen LogP contribution in [0.15, 0.2) is 30.7 Å². The Balaban J connectivity index is 2.41. The fourth-order valence-corrected chi connectivity index (χ4v) is 2.25. The molecule has 1 N–H and O–H groups in total. The van der Waals surface area contributed by atoms with Crippen molar-refractivity contribution in [1.29, 1.82) is 0 Å². The van der Waals surface area contributed by atoms with Gasteiger partial charge in [-0.05, 0) is 38.8 Å². The number of nitrogens with zero attached hydrogens (tertiary/aromatic N) is 2. The summed E-state index contributed by atoms with van der Waals surface area (Å²) in [5.41, 5.74) is 4.11. The van der Waals surface area contributed by atoms with Crippen molar-refractivity contribution >= 4 is 0 Å². The molecule has 1 atom stereocenters. The van der Waals surface area contributed by atoms with E-state index in [0.29, 0.717) is 6.04 Å². The molecule has 96 valence electrons. The highest BCUT2D eigenvalue weighted by Gasteiger charge is 2.18. The van der Waals surface area contributed by atoms with E-state index in [2.05, 4.69) is 31.8 Å². The van der Waals surface area contributed by atoms with Crippen molar-refractivity contribution in [3.05, 3.63) is 53.1 Å². The summed E-state index contributed by atoms with van der Waals surface area (Å²) in [6, 6.07) is 6.41. The third-order valence-electron chi connectivity index (χ3n) is 3.25. The van der Waals surface area contributed by atoms with E-state index in [4.69, 9.17) is 0 Å². The van der Waals surface area contributed by atoms with E-state index < -0.39 is 6.10 Å². The molecule has 0 saturated heterocycles. The Morgan fingerprint density at radius 2 is 1.94 bits per heavy atom. The summed E-state index contributed by atoms with van der Waals surface area (Å²) in [5, 5.41) is 10.5. The van der Waals surface area contributed by atoms with Gasteiger partial charge in [0.25, 0.3) is 0 Å². The number of benzene rings is 1. The number of aliphatic hydroxyl groups is 1. The van der Waals surface area contributed by atoms with Crippen LogP contribution in [0.1, 0.15) is 48.4 Å². The van der Waals surface area contributed by atoms with E-state index in [9.17, 15) is 5.11 Å². The fourth-order valence-electron chi connectivity index (χ4n) is 2.25. The van der Waals surface area contributed by atoms with Gasteiger partial charge in [-0.2, -0.15) is 0 Å². The number of hydrogen-bond donors (Lipinski definition) is 1. The number of hydrogen-bond acceptors (Lipinski definition) is 2. The molecule has 0 radical (unpaired) electrons. The van der Waals surface area contributed by atoms with Gasteiger partial charge in [-0.15, -0.1) is 0 Å². The summed E-state index contributed by atoms with van der Waals surface area (Å²) in [6.07, 6.45) is 2.90. The molecular weight excluding hydrogens is 224 g/mol. The summed E-state index contributed by atoms with van der Waals surface area (Å²) in [7, 11) is 0. The van der Waals surface area contributed by atoms with E-state index in [0.717, 1.165) is 16.8 Å². The largest absolute Gasteiger partial charge is 0.382 e. The predicted molar refractivity (Wildman–Crippen MR) is 72.6 cm³/mol. The van der Waals surface area contributed by atoms with Crippen LogP contribution >= 0.6 is 0 Å². The van der Waals surface area contributed by atoms with Crippen molar-refractivity contribution in [3.8, 4) is 0 Å². The number of rotatable bonds is 3. The van der Waals surface area contributed by atoms with Crippen molar-refractivity contribution in [3.63, 3.8) is 0 Å². The van der Waals surface area contributed by atoms with Gasteiger partial charge in [0.05, 0.1) is 18.2 Å². The molecule has 1 heterocycles. The summed E-state index contributed by atoms with van der Waals surface area (Å²) in [5.74, 6) is 0. The van der Waals surface area contributed by atoms with Gasteiger partial charge in [-0.3, -0.25) is 0 Å². The Hall–Kier alpha value is -1.61. The molecule has 3 heteroatoms. The molecular formula is C15H20N2O. The maximum absolute atomic E-state index is 10.5. The molecule has 18 heavy (non-hydrogen) atoms. The predicted octanol–water partition coefficient (Wildman–Crippen LogP) is 3.16. The minimum absolute atomic E-state index is 0.294. The van der Waals surface area contributed by atoms with Crippen LogP contribution in [-0.2, 0) is 0 Å². The maximum Gasteiger partial charge on any atom is 0.121 e. The van der Waals surface area contributed by atoms with Crippen LogP contribution in [0.3, 0.4) is 0 Å². The van der Waals surface area contributed by atoms with Crippen molar-refractivity contribution in [1.82, 2.24) is 9.55 Å². The molecule has 3 nitrogen and oxygen atoms in total. The Labute approximate surface area is 108 Å². The second kappa shape index (κ2) is 4.94. The van der Waals surface area contributed by atoms with Crippen LogP contribution in [0, 0.1) is 13.8 Å². The van der Waals surface area contributed by atoms with Crippen LogP contribution in [0.4, 0.5) is 0 Å². The van der Waals surface area contributed by atoms with Crippen molar-refractivity contribution < 1.29 is 5.11 Å². The zero-order valence-corrected chi connectivity index (χ0v) is 11.4. The van der Waals surface area contributed by atoms with E-state index in [-0.39, 0.29) is 0 Å². The van der Waals surface area contributed by atoms with Gasteiger partial charge < -0.3 is 9.67 Å². The molecule has 1 aromatic carbocycles. The molecule has 0 aliphatic rings. The molecule has 0 aliphatic heterocycles. The first-order chi connectivity index (χ1) is 8.50. The molecule has 1 aromatic heterocycles. The first kappa shape index (κ1) is 12.8. The topological polar surface area (TPSA) is 38.1 Å². The van der Waals surface area contributed by atoms with Gasteiger partial charge in [0, 0.05) is 6.04 Å². The van der Waals surface area contributed by atoms with Crippen LogP contribution in [0.2, 0.25) is 0 Å². The zero-order valence-electron chi connectivity index (χ0n) is 11.4. The Bertz CT molecular complexity index is 543. The van der Waals surface area contributed by atoms with E-state index in [1.165, 1.54) is 5.56 Å². The highest BCUT2D eigenvalue weighted by atomic mass is 16.3. The average Bonchev–Trinajstić information content (AvgIpc) is 2.77. The third-order valence-corrected chi connectivity index (χ3v) is 3.25. The number of aromatic nitrogens is 2. The first-order valence-corrected chi connectivity index (χ1v) is 6.27. The lowest BCUT2D eigenvalue weighted by atomic mass is 9.99. The lowest BCUT2D eigenvalue weighted by Crippen LogP contribution is -2.11. The molecule has 2 aromatic rings. The first-order valence-electron chi connectivity index (χ1n) is 6.27. The van der Waals surface area contributed by atoms with Gasteiger partial charge >= 0.3 is 0 Å². The molecule has 0 spiro atoms. The average molecular weight is 244 g/mol. The van der Waals surface area contributed by atoms with E-state index in [1.807, 2.05) is 23.6 Å². The Morgan fingerprint density at radius 1 is 1.22 bits per heavy atom. The second-order valence-electron chi connectivity index (χ2n) is 5.08. The van der Waals surface area contributed by atoms with Gasteiger partial charge in [-0.25, -0.2) is 4.98 Å².